The zero-order valence-electron chi connectivity index (χ0n) is 22.1. The van der Waals surface area contributed by atoms with Gasteiger partial charge in [-0.05, 0) is 17.7 Å². The second-order valence-corrected chi connectivity index (χ2v) is 16.0. The van der Waals surface area contributed by atoms with Gasteiger partial charge in [0.1, 0.15) is 6.54 Å². The first kappa shape index (κ1) is 27.8. The maximum Gasteiger partial charge on any atom is 0.262 e. The van der Waals surface area contributed by atoms with Crippen molar-refractivity contribution >= 4 is 37.6 Å². The second kappa shape index (κ2) is 11.5. The lowest BCUT2D eigenvalue weighted by Crippen LogP contribution is -2.49. The van der Waals surface area contributed by atoms with E-state index in [2.05, 4.69) is 19.6 Å². The maximum atomic E-state index is 13.2. The van der Waals surface area contributed by atoms with Crippen LogP contribution in [0.1, 0.15) is 26.3 Å². The van der Waals surface area contributed by atoms with E-state index in [0.717, 1.165) is 15.4 Å². The molecule has 0 aliphatic carbocycles. The molecule has 3 rings (SSSR count). The summed E-state index contributed by atoms with van der Waals surface area (Å²) in [5.41, 5.74) is 1.54. The lowest BCUT2D eigenvalue weighted by molar-refractivity contribution is -0.142. The first-order chi connectivity index (χ1) is 17.4. The Balaban J connectivity index is 1.57. The third-order valence-corrected chi connectivity index (χ3v) is 7.33. The molecule has 0 unspecified atom stereocenters. The molecule has 0 bridgehead atoms. The van der Waals surface area contributed by atoms with Crippen molar-refractivity contribution in [1.29, 1.82) is 0 Å². The molecule has 1 aliphatic rings. The summed E-state index contributed by atoms with van der Waals surface area (Å²) in [5, 5.41) is 0. The van der Waals surface area contributed by atoms with Crippen LogP contribution in [0.4, 0.5) is 0 Å². The highest BCUT2D eigenvalue weighted by molar-refractivity contribution is 6.76. The van der Waals surface area contributed by atoms with E-state index in [0.29, 0.717) is 12.7 Å². The Labute approximate surface area is 218 Å². The van der Waals surface area contributed by atoms with E-state index in [1.54, 1.807) is 29.2 Å². The van der Waals surface area contributed by atoms with Crippen molar-refractivity contribution in [3.05, 3.63) is 71.3 Å². The monoisotopic (exact) mass is 522 g/mol. The normalized spacial score (nSPS) is 12.8. The SMILES string of the molecule is CN(CC(=O)N(C)CC(=O)N(Cc1ccccc1)C[Si](C)(C)C)C(=O)CN1C(=O)c2ccccc2C1=O. The molecule has 1 aliphatic heterocycles. The first-order valence-corrected chi connectivity index (χ1v) is 15.8. The van der Waals surface area contributed by atoms with Crippen molar-refractivity contribution in [3.8, 4) is 0 Å². The number of hydrogen-bond donors (Lipinski definition) is 0. The number of likely N-dealkylation sites (N-methyl/N-ethyl adjacent to an activating group) is 2. The molecule has 10 heteroatoms. The van der Waals surface area contributed by atoms with Gasteiger partial charge in [-0.2, -0.15) is 0 Å². The number of nitrogens with zero attached hydrogens (tertiary/aromatic N) is 4. The Kier molecular flexibility index (Phi) is 8.64. The molecule has 1 heterocycles. The lowest BCUT2D eigenvalue weighted by atomic mass is 10.1. The highest BCUT2D eigenvalue weighted by atomic mass is 28.3. The average molecular weight is 523 g/mol. The topological polar surface area (TPSA) is 98.3 Å². The third kappa shape index (κ3) is 7.13. The number of benzene rings is 2. The quantitative estimate of drug-likeness (QED) is 0.352. The number of fused-ring (bicyclic) bond motifs is 1. The molecule has 0 saturated heterocycles. The van der Waals surface area contributed by atoms with Gasteiger partial charge in [-0.3, -0.25) is 28.9 Å². The molecule has 0 N–H and O–H groups in total. The fourth-order valence-electron chi connectivity index (χ4n) is 4.05. The highest BCUT2D eigenvalue weighted by Crippen LogP contribution is 2.22. The Morgan fingerprint density at radius 2 is 1.22 bits per heavy atom. The van der Waals surface area contributed by atoms with Gasteiger partial charge in [0.25, 0.3) is 11.8 Å². The van der Waals surface area contributed by atoms with Gasteiger partial charge in [-0.15, -0.1) is 0 Å². The van der Waals surface area contributed by atoms with Crippen LogP contribution < -0.4 is 0 Å². The zero-order valence-corrected chi connectivity index (χ0v) is 23.1. The van der Waals surface area contributed by atoms with Crippen LogP contribution >= 0.6 is 0 Å². The van der Waals surface area contributed by atoms with E-state index in [9.17, 15) is 24.0 Å². The molecule has 0 radical (unpaired) electrons. The summed E-state index contributed by atoms with van der Waals surface area (Å²) in [6, 6.07) is 16.1. The van der Waals surface area contributed by atoms with Gasteiger partial charge in [0, 0.05) is 26.8 Å². The largest absolute Gasteiger partial charge is 0.340 e. The van der Waals surface area contributed by atoms with E-state index in [1.165, 1.54) is 19.0 Å². The number of amides is 5. The Hall–Kier alpha value is -3.79. The van der Waals surface area contributed by atoms with Crippen molar-refractivity contribution in [3.63, 3.8) is 0 Å². The number of carbonyl (C=O) groups excluding carboxylic acids is 5. The number of carbonyl (C=O) groups is 5. The first-order valence-electron chi connectivity index (χ1n) is 12.1. The van der Waals surface area contributed by atoms with Gasteiger partial charge in [0.2, 0.25) is 17.7 Å². The predicted molar refractivity (Wildman–Crippen MR) is 142 cm³/mol. The highest BCUT2D eigenvalue weighted by Gasteiger charge is 2.37. The molecule has 0 aromatic heterocycles. The Morgan fingerprint density at radius 1 is 0.730 bits per heavy atom. The number of imide groups is 1. The van der Waals surface area contributed by atoms with Crippen molar-refractivity contribution in [2.75, 3.05) is 39.9 Å². The summed E-state index contributed by atoms with van der Waals surface area (Å²) in [6.45, 7) is 6.16. The average Bonchev–Trinajstić information content (AvgIpc) is 3.08. The molecule has 0 atom stereocenters. The molecule has 0 spiro atoms. The van der Waals surface area contributed by atoms with Crippen molar-refractivity contribution in [2.24, 2.45) is 0 Å². The van der Waals surface area contributed by atoms with Crippen molar-refractivity contribution in [1.82, 2.24) is 19.6 Å². The minimum Gasteiger partial charge on any atom is -0.340 e. The summed E-state index contributed by atoms with van der Waals surface area (Å²) in [7, 11) is 1.34. The van der Waals surface area contributed by atoms with E-state index in [4.69, 9.17) is 0 Å². The fraction of sp³-hybridized carbons (Fsp3) is 0.370. The zero-order chi connectivity index (χ0) is 27.3. The van der Waals surface area contributed by atoms with Crippen LogP contribution in [0, 0.1) is 0 Å². The van der Waals surface area contributed by atoms with Gasteiger partial charge in [-0.25, -0.2) is 0 Å². The van der Waals surface area contributed by atoms with Gasteiger partial charge in [-0.1, -0.05) is 62.1 Å². The van der Waals surface area contributed by atoms with Gasteiger partial charge in [0.05, 0.1) is 32.3 Å². The molecule has 2 aromatic rings. The summed E-state index contributed by atoms with van der Waals surface area (Å²) >= 11 is 0. The van der Waals surface area contributed by atoms with Crippen LogP contribution in [0.2, 0.25) is 19.6 Å². The molecule has 0 saturated carbocycles. The second-order valence-electron chi connectivity index (χ2n) is 10.5. The molecular formula is C27H34N4O5Si. The summed E-state index contributed by atoms with van der Waals surface area (Å²) in [5.74, 6) is -2.19. The molecular weight excluding hydrogens is 488 g/mol. The van der Waals surface area contributed by atoms with Crippen molar-refractivity contribution < 1.29 is 24.0 Å². The summed E-state index contributed by atoms with van der Waals surface area (Å²) in [6.07, 6.45) is 0.654. The smallest absolute Gasteiger partial charge is 0.262 e. The van der Waals surface area contributed by atoms with Gasteiger partial charge in [0.15, 0.2) is 0 Å². The van der Waals surface area contributed by atoms with E-state index >= 15 is 0 Å². The molecule has 5 amide bonds. The van der Waals surface area contributed by atoms with Crippen LogP contribution in [0.15, 0.2) is 54.6 Å². The number of hydrogen-bond acceptors (Lipinski definition) is 5. The van der Waals surface area contributed by atoms with Crippen LogP contribution in [0.25, 0.3) is 0 Å². The van der Waals surface area contributed by atoms with Crippen LogP contribution in [-0.4, -0.2) is 97.1 Å². The fourth-order valence-corrected chi connectivity index (χ4v) is 5.48. The summed E-state index contributed by atoms with van der Waals surface area (Å²) in [4.78, 5) is 68.9. The standard InChI is InChI=1S/C27H34N4O5Si/c1-28(24(33)18-31-26(35)21-13-9-10-14-22(21)27(31)36)16-23(32)29(2)17-25(34)30(19-37(3,4)5)15-20-11-7-6-8-12-20/h6-14H,15-19H2,1-5H3. The van der Waals surface area contributed by atoms with E-state index < -0.39 is 38.2 Å². The molecule has 37 heavy (non-hydrogen) atoms. The Bertz CT molecular complexity index is 1160. The Morgan fingerprint density at radius 3 is 1.76 bits per heavy atom. The third-order valence-electron chi connectivity index (χ3n) is 6.00. The number of rotatable bonds is 10. The van der Waals surface area contributed by atoms with Crippen LogP contribution in [0.3, 0.4) is 0 Å². The maximum absolute atomic E-state index is 13.2. The van der Waals surface area contributed by atoms with E-state index in [-0.39, 0.29) is 30.1 Å². The van der Waals surface area contributed by atoms with Gasteiger partial charge < -0.3 is 14.7 Å². The molecule has 2 aromatic carbocycles. The minimum atomic E-state index is -1.62. The lowest BCUT2D eigenvalue weighted by Gasteiger charge is -2.31. The van der Waals surface area contributed by atoms with Crippen molar-refractivity contribution in [2.45, 2.75) is 26.2 Å². The van der Waals surface area contributed by atoms with Crippen LogP contribution in [0.5, 0.6) is 0 Å². The van der Waals surface area contributed by atoms with Gasteiger partial charge >= 0.3 is 0 Å². The van der Waals surface area contributed by atoms with Crippen LogP contribution in [-0.2, 0) is 20.9 Å². The molecule has 196 valence electrons. The molecule has 0 fully saturated rings. The predicted octanol–water partition coefficient (Wildman–Crippen LogP) is 2.11. The van der Waals surface area contributed by atoms with E-state index in [1.807, 2.05) is 30.3 Å². The minimum absolute atomic E-state index is 0.115. The summed E-state index contributed by atoms with van der Waals surface area (Å²) < 4.78 is 0. The molecule has 9 nitrogen and oxygen atoms in total.